The molecule has 2 aliphatic rings. The van der Waals surface area contributed by atoms with Crippen molar-refractivity contribution in [3.63, 3.8) is 0 Å². The molecule has 1 aromatic heterocycles. The highest BCUT2D eigenvalue weighted by Crippen LogP contribution is 2.33. The van der Waals surface area contributed by atoms with E-state index in [9.17, 15) is 9.59 Å². The van der Waals surface area contributed by atoms with Crippen molar-refractivity contribution in [2.45, 2.75) is 51.6 Å². The number of carbonyl (C=O) groups excluding carboxylic acids is 2. The maximum absolute atomic E-state index is 13.1. The van der Waals surface area contributed by atoms with Crippen LogP contribution < -0.4 is 10.1 Å². The number of nitrogens with zero attached hydrogens (tertiary/aromatic N) is 3. The third kappa shape index (κ3) is 3.72. The van der Waals surface area contributed by atoms with E-state index in [1.807, 2.05) is 19.9 Å². The van der Waals surface area contributed by atoms with Gasteiger partial charge in [-0.2, -0.15) is 4.98 Å². The van der Waals surface area contributed by atoms with Crippen LogP contribution in [0.5, 0.6) is 5.75 Å². The van der Waals surface area contributed by atoms with Crippen molar-refractivity contribution in [3.8, 4) is 5.75 Å². The van der Waals surface area contributed by atoms with E-state index >= 15 is 0 Å². The molecular weight excluding hydrogens is 360 g/mol. The Bertz CT molecular complexity index is 890. The molecule has 8 nitrogen and oxygen atoms in total. The molecule has 2 amide bonds. The van der Waals surface area contributed by atoms with E-state index < -0.39 is 0 Å². The number of likely N-dealkylation sites (tertiary alicyclic amines) is 1. The fourth-order valence-electron chi connectivity index (χ4n) is 3.42. The Kier molecular flexibility index (Phi) is 5.02. The Hall–Kier alpha value is -2.90. The van der Waals surface area contributed by atoms with E-state index in [2.05, 4.69) is 15.5 Å². The number of nitrogens with one attached hydrogen (secondary N) is 1. The summed E-state index contributed by atoms with van der Waals surface area (Å²) in [5.41, 5.74) is 1.55. The number of ether oxygens (including phenoxy) is 1. The zero-order valence-corrected chi connectivity index (χ0v) is 16.1. The lowest BCUT2D eigenvalue weighted by molar-refractivity contribution is 0.0709. The number of benzene rings is 1. The van der Waals surface area contributed by atoms with Gasteiger partial charge in [0.15, 0.2) is 0 Å². The molecule has 0 radical (unpaired) electrons. The van der Waals surface area contributed by atoms with Crippen molar-refractivity contribution < 1.29 is 18.8 Å². The summed E-state index contributed by atoms with van der Waals surface area (Å²) >= 11 is 0. The van der Waals surface area contributed by atoms with Gasteiger partial charge in [-0.25, -0.2) is 0 Å². The van der Waals surface area contributed by atoms with Crippen LogP contribution in [0.2, 0.25) is 0 Å². The largest absolute Gasteiger partial charge is 0.494 e. The quantitative estimate of drug-likeness (QED) is 0.822. The summed E-state index contributed by atoms with van der Waals surface area (Å²) in [5, 5.41) is 6.64. The van der Waals surface area contributed by atoms with Gasteiger partial charge in [0.2, 0.25) is 5.89 Å². The van der Waals surface area contributed by atoms with Crippen LogP contribution in [0, 0.1) is 6.92 Å². The molecule has 2 fully saturated rings. The molecule has 1 unspecified atom stereocenters. The van der Waals surface area contributed by atoms with E-state index in [1.54, 1.807) is 17.0 Å². The first kappa shape index (κ1) is 18.5. The number of amides is 2. The van der Waals surface area contributed by atoms with Gasteiger partial charge in [-0.3, -0.25) is 9.59 Å². The van der Waals surface area contributed by atoms with Crippen LogP contribution in [-0.4, -0.2) is 46.0 Å². The summed E-state index contributed by atoms with van der Waals surface area (Å²) < 4.78 is 10.9. The van der Waals surface area contributed by atoms with E-state index in [0.717, 1.165) is 31.2 Å². The standard InChI is InChI=1S/C20H24N4O4/c1-3-27-16-11-13(7-6-12(16)2)20(26)24-10-4-5-15(24)19-22-17(23-28-19)18(25)21-14-8-9-14/h6-7,11,14-15H,3-5,8-10H2,1-2H3,(H,21,25). The second-order valence-corrected chi connectivity index (χ2v) is 7.27. The number of aromatic nitrogens is 2. The van der Waals surface area contributed by atoms with Crippen LogP contribution in [0.25, 0.3) is 0 Å². The van der Waals surface area contributed by atoms with Gasteiger partial charge in [0.05, 0.1) is 6.61 Å². The van der Waals surface area contributed by atoms with Crippen LogP contribution in [-0.2, 0) is 0 Å². The second-order valence-electron chi connectivity index (χ2n) is 7.27. The van der Waals surface area contributed by atoms with Gasteiger partial charge in [0.1, 0.15) is 11.8 Å². The van der Waals surface area contributed by atoms with E-state index in [1.165, 1.54) is 0 Å². The number of rotatable bonds is 6. The molecule has 1 aliphatic carbocycles. The molecule has 1 atom stereocenters. The first-order valence-corrected chi connectivity index (χ1v) is 9.75. The van der Waals surface area contributed by atoms with Crippen LogP contribution in [0.15, 0.2) is 22.7 Å². The van der Waals surface area contributed by atoms with Crippen molar-refractivity contribution in [3.05, 3.63) is 41.0 Å². The number of hydrogen-bond donors (Lipinski definition) is 1. The minimum Gasteiger partial charge on any atom is -0.494 e. The molecule has 0 bridgehead atoms. The molecule has 4 rings (SSSR count). The summed E-state index contributed by atoms with van der Waals surface area (Å²) in [6.07, 6.45) is 3.54. The van der Waals surface area contributed by atoms with Crippen LogP contribution in [0.1, 0.15) is 71.1 Å². The summed E-state index contributed by atoms with van der Waals surface area (Å²) in [4.78, 5) is 31.2. The molecular formula is C20H24N4O4. The SMILES string of the molecule is CCOc1cc(C(=O)N2CCCC2c2nc(C(=O)NC3CC3)no2)ccc1C. The molecule has 1 saturated heterocycles. The molecule has 1 aromatic carbocycles. The molecule has 1 saturated carbocycles. The summed E-state index contributed by atoms with van der Waals surface area (Å²) in [6, 6.07) is 5.37. The van der Waals surface area contributed by atoms with E-state index in [0.29, 0.717) is 30.4 Å². The van der Waals surface area contributed by atoms with Crippen LogP contribution in [0.3, 0.4) is 0 Å². The lowest BCUT2D eigenvalue weighted by atomic mass is 10.1. The smallest absolute Gasteiger partial charge is 0.292 e. The Morgan fingerprint density at radius 2 is 2.14 bits per heavy atom. The minimum atomic E-state index is -0.326. The zero-order valence-electron chi connectivity index (χ0n) is 16.1. The monoisotopic (exact) mass is 384 g/mol. The second kappa shape index (κ2) is 7.61. The lowest BCUT2D eigenvalue weighted by Gasteiger charge is -2.22. The topological polar surface area (TPSA) is 97.6 Å². The van der Waals surface area contributed by atoms with Gasteiger partial charge >= 0.3 is 0 Å². The Balaban J connectivity index is 1.52. The minimum absolute atomic E-state index is 0.0233. The summed E-state index contributed by atoms with van der Waals surface area (Å²) in [7, 11) is 0. The Labute approximate surface area is 163 Å². The van der Waals surface area contributed by atoms with Crippen molar-refractivity contribution in [1.82, 2.24) is 20.4 Å². The maximum atomic E-state index is 13.1. The number of aryl methyl sites for hydroxylation is 1. The summed E-state index contributed by atoms with van der Waals surface area (Å²) in [5.74, 6) is 0.610. The van der Waals surface area contributed by atoms with Crippen LogP contribution >= 0.6 is 0 Å². The van der Waals surface area contributed by atoms with Crippen molar-refractivity contribution >= 4 is 11.8 Å². The van der Waals surface area contributed by atoms with Gasteiger partial charge in [-0.05, 0) is 57.2 Å². The summed E-state index contributed by atoms with van der Waals surface area (Å²) in [6.45, 7) is 5.01. The predicted molar refractivity (Wildman–Crippen MR) is 100 cm³/mol. The normalized spacial score (nSPS) is 18.9. The lowest BCUT2D eigenvalue weighted by Crippen LogP contribution is -2.31. The average Bonchev–Trinajstić information content (AvgIpc) is 3.18. The number of carbonyl (C=O) groups is 2. The molecule has 1 N–H and O–H groups in total. The van der Waals surface area contributed by atoms with Gasteiger partial charge < -0.3 is 19.5 Å². The van der Waals surface area contributed by atoms with E-state index in [4.69, 9.17) is 9.26 Å². The van der Waals surface area contributed by atoms with Crippen molar-refractivity contribution in [2.75, 3.05) is 13.2 Å². The van der Waals surface area contributed by atoms with Crippen molar-refractivity contribution in [1.29, 1.82) is 0 Å². The van der Waals surface area contributed by atoms with E-state index in [-0.39, 0.29) is 29.7 Å². The van der Waals surface area contributed by atoms with Crippen molar-refractivity contribution in [2.24, 2.45) is 0 Å². The molecule has 2 aromatic rings. The van der Waals surface area contributed by atoms with Gasteiger partial charge in [0.25, 0.3) is 17.6 Å². The highest BCUT2D eigenvalue weighted by Gasteiger charge is 2.35. The third-order valence-corrected chi connectivity index (χ3v) is 5.09. The average molecular weight is 384 g/mol. The fourth-order valence-corrected chi connectivity index (χ4v) is 3.42. The fraction of sp³-hybridized carbons (Fsp3) is 0.500. The molecule has 8 heteroatoms. The van der Waals surface area contributed by atoms with Crippen LogP contribution in [0.4, 0.5) is 0 Å². The number of hydrogen-bond acceptors (Lipinski definition) is 6. The zero-order chi connectivity index (χ0) is 19.7. The Morgan fingerprint density at radius 3 is 2.89 bits per heavy atom. The molecule has 0 spiro atoms. The van der Waals surface area contributed by atoms with Gasteiger partial charge in [0, 0.05) is 18.2 Å². The Morgan fingerprint density at radius 1 is 1.32 bits per heavy atom. The molecule has 1 aliphatic heterocycles. The molecule has 2 heterocycles. The molecule has 28 heavy (non-hydrogen) atoms. The van der Waals surface area contributed by atoms with Gasteiger partial charge in [-0.1, -0.05) is 11.2 Å². The first-order chi connectivity index (χ1) is 13.6. The molecule has 148 valence electrons. The third-order valence-electron chi connectivity index (χ3n) is 5.09. The predicted octanol–water partition coefficient (Wildman–Crippen LogP) is 2.65. The van der Waals surface area contributed by atoms with Gasteiger partial charge in [-0.15, -0.1) is 0 Å². The highest BCUT2D eigenvalue weighted by atomic mass is 16.5. The first-order valence-electron chi connectivity index (χ1n) is 9.75. The highest BCUT2D eigenvalue weighted by molar-refractivity contribution is 5.95. The maximum Gasteiger partial charge on any atom is 0.292 e.